The minimum absolute atomic E-state index is 0.0170. The molecule has 4 heterocycles. The van der Waals surface area contributed by atoms with E-state index in [0.29, 0.717) is 23.8 Å². The quantitative estimate of drug-likeness (QED) is 0.781. The smallest absolute Gasteiger partial charge is 0.261 e. The molecule has 1 amide bonds. The van der Waals surface area contributed by atoms with E-state index in [9.17, 15) is 4.79 Å². The van der Waals surface area contributed by atoms with Gasteiger partial charge in [0, 0.05) is 31.7 Å². The number of aromatic nitrogens is 5. The normalized spacial score (nSPS) is 18.1. The summed E-state index contributed by atoms with van der Waals surface area (Å²) in [5, 5.41) is 8.32. The number of carbonyl (C=O) groups is 1. The Kier molecular flexibility index (Phi) is 4.32. The number of rotatable bonds is 3. The fourth-order valence-electron chi connectivity index (χ4n) is 3.48. The highest BCUT2D eigenvalue weighted by Crippen LogP contribution is 2.31. The van der Waals surface area contributed by atoms with Crippen LogP contribution in [0.4, 0.5) is 0 Å². The van der Waals surface area contributed by atoms with Crippen LogP contribution >= 0.6 is 0 Å². The van der Waals surface area contributed by atoms with Crippen molar-refractivity contribution in [1.29, 1.82) is 0 Å². The second kappa shape index (κ2) is 6.78. The number of nitrogens with zero attached hydrogens (tertiary/aromatic N) is 5. The number of amides is 1. The minimum Gasteiger partial charge on any atom is -0.365 e. The molecule has 3 aromatic heterocycles. The topological polar surface area (TPSA) is 92.8 Å². The first-order valence-electron chi connectivity index (χ1n) is 8.91. The van der Waals surface area contributed by atoms with Crippen molar-refractivity contribution in [1.82, 2.24) is 29.8 Å². The molecule has 1 saturated heterocycles. The molecule has 0 aromatic carbocycles. The van der Waals surface area contributed by atoms with Crippen LogP contribution < -0.4 is 0 Å². The molecule has 1 atom stereocenters. The predicted molar refractivity (Wildman–Crippen MR) is 94.3 cm³/mol. The van der Waals surface area contributed by atoms with Gasteiger partial charge in [-0.05, 0) is 25.8 Å². The van der Waals surface area contributed by atoms with Gasteiger partial charge in [0.2, 0.25) is 0 Å². The van der Waals surface area contributed by atoms with E-state index < -0.39 is 0 Å². The minimum atomic E-state index is -0.173. The van der Waals surface area contributed by atoms with Crippen LogP contribution in [0.15, 0.2) is 29.2 Å². The Morgan fingerprint density at radius 3 is 2.96 bits per heavy atom. The summed E-state index contributed by atoms with van der Waals surface area (Å²) in [6, 6.07) is 1.66. The van der Waals surface area contributed by atoms with Gasteiger partial charge in [0.1, 0.15) is 0 Å². The number of H-pyrrole nitrogens is 1. The Labute approximate surface area is 151 Å². The zero-order chi connectivity index (χ0) is 18.1. The summed E-state index contributed by atoms with van der Waals surface area (Å²) >= 11 is 0. The van der Waals surface area contributed by atoms with Gasteiger partial charge in [0.05, 0.1) is 23.4 Å². The van der Waals surface area contributed by atoms with Crippen LogP contribution in [0.2, 0.25) is 0 Å². The Bertz CT molecular complexity index is 908. The molecule has 136 valence electrons. The third-order valence-corrected chi connectivity index (χ3v) is 4.89. The largest absolute Gasteiger partial charge is 0.365 e. The zero-order valence-corrected chi connectivity index (χ0v) is 15.0. The fourth-order valence-corrected chi connectivity index (χ4v) is 3.48. The summed E-state index contributed by atoms with van der Waals surface area (Å²) < 4.78 is 7.13. The molecule has 0 radical (unpaired) electrons. The standard InChI is InChI=1S/C18H22N6O2/c1-12-14(7-8-19-12)18(25)24-9-5-3-4-6-15(24)16-21-17(26-22-16)13-10-20-23(2)11-13/h7-8,10-11,15,19H,3-6,9H2,1-2H3. The summed E-state index contributed by atoms with van der Waals surface area (Å²) in [5.74, 6) is 1.01. The summed E-state index contributed by atoms with van der Waals surface area (Å²) in [4.78, 5) is 22.6. The molecule has 8 nitrogen and oxygen atoms in total. The number of carbonyl (C=O) groups excluding carboxylic acids is 1. The van der Waals surface area contributed by atoms with Crippen molar-refractivity contribution in [2.75, 3.05) is 6.54 Å². The highest BCUT2D eigenvalue weighted by atomic mass is 16.5. The van der Waals surface area contributed by atoms with E-state index in [4.69, 9.17) is 4.52 Å². The number of hydrogen-bond acceptors (Lipinski definition) is 5. The van der Waals surface area contributed by atoms with Crippen molar-refractivity contribution >= 4 is 5.91 Å². The van der Waals surface area contributed by atoms with Gasteiger partial charge in [0.15, 0.2) is 5.82 Å². The van der Waals surface area contributed by atoms with Gasteiger partial charge in [-0.25, -0.2) is 0 Å². The summed E-state index contributed by atoms with van der Waals surface area (Å²) in [6.07, 6.45) is 9.27. The maximum Gasteiger partial charge on any atom is 0.261 e. The van der Waals surface area contributed by atoms with Crippen LogP contribution in [0.5, 0.6) is 0 Å². The number of aromatic amines is 1. The van der Waals surface area contributed by atoms with E-state index >= 15 is 0 Å². The van der Waals surface area contributed by atoms with Crippen molar-refractivity contribution in [2.45, 2.75) is 38.6 Å². The molecule has 0 spiro atoms. The van der Waals surface area contributed by atoms with Crippen LogP contribution in [-0.4, -0.2) is 42.3 Å². The summed E-state index contributed by atoms with van der Waals surface area (Å²) in [5.41, 5.74) is 2.36. The fraction of sp³-hybridized carbons (Fsp3) is 0.444. The first kappa shape index (κ1) is 16.6. The van der Waals surface area contributed by atoms with Crippen molar-refractivity contribution < 1.29 is 9.32 Å². The second-order valence-electron chi connectivity index (χ2n) is 6.74. The summed E-state index contributed by atoms with van der Waals surface area (Å²) in [6.45, 7) is 2.61. The van der Waals surface area contributed by atoms with Gasteiger partial charge in [-0.2, -0.15) is 10.1 Å². The average Bonchev–Trinajstić information content (AvgIpc) is 3.33. The van der Waals surface area contributed by atoms with Crippen molar-refractivity contribution in [3.05, 3.63) is 41.7 Å². The van der Waals surface area contributed by atoms with Crippen molar-refractivity contribution in [3.8, 4) is 11.5 Å². The Hall–Kier alpha value is -2.90. The Morgan fingerprint density at radius 2 is 2.23 bits per heavy atom. The molecule has 4 rings (SSSR count). The lowest BCUT2D eigenvalue weighted by atomic mass is 10.1. The summed E-state index contributed by atoms with van der Waals surface area (Å²) in [7, 11) is 1.84. The van der Waals surface area contributed by atoms with E-state index in [1.807, 2.05) is 31.1 Å². The van der Waals surface area contributed by atoms with Crippen molar-refractivity contribution in [2.24, 2.45) is 7.05 Å². The van der Waals surface area contributed by atoms with E-state index in [0.717, 1.165) is 36.9 Å². The molecule has 1 N–H and O–H groups in total. The lowest BCUT2D eigenvalue weighted by molar-refractivity contribution is 0.0670. The Morgan fingerprint density at radius 1 is 1.35 bits per heavy atom. The molecule has 1 fully saturated rings. The highest BCUT2D eigenvalue weighted by molar-refractivity contribution is 5.95. The monoisotopic (exact) mass is 354 g/mol. The molecule has 0 bridgehead atoms. The molecule has 0 saturated carbocycles. The molecule has 1 aliphatic heterocycles. The lowest BCUT2D eigenvalue weighted by Gasteiger charge is -2.27. The van der Waals surface area contributed by atoms with Crippen LogP contribution in [-0.2, 0) is 7.05 Å². The third-order valence-electron chi connectivity index (χ3n) is 4.89. The number of nitrogens with one attached hydrogen (secondary N) is 1. The maximum atomic E-state index is 13.1. The first-order valence-corrected chi connectivity index (χ1v) is 8.91. The number of likely N-dealkylation sites (tertiary alicyclic amines) is 1. The Balaban J connectivity index is 1.65. The number of hydrogen-bond donors (Lipinski definition) is 1. The number of aryl methyl sites for hydroxylation is 2. The van der Waals surface area contributed by atoms with Gasteiger partial charge in [-0.15, -0.1) is 0 Å². The predicted octanol–water partition coefficient (Wildman–Crippen LogP) is 2.86. The van der Waals surface area contributed by atoms with E-state index in [-0.39, 0.29) is 11.9 Å². The molecule has 3 aromatic rings. The van der Waals surface area contributed by atoms with Gasteiger partial charge < -0.3 is 14.4 Å². The second-order valence-corrected chi connectivity index (χ2v) is 6.74. The van der Waals surface area contributed by atoms with Gasteiger partial charge in [0.25, 0.3) is 11.8 Å². The van der Waals surface area contributed by atoms with Crippen molar-refractivity contribution in [3.63, 3.8) is 0 Å². The van der Waals surface area contributed by atoms with Gasteiger partial charge >= 0.3 is 0 Å². The maximum absolute atomic E-state index is 13.1. The molecule has 1 unspecified atom stereocenters. The van der Waals surface area contributed by atoms with E-state index in [1.165, 1.54) is 0 Å². The molecule has 26 heavy (non-hydrogen) atoms. The molecule has 1 aliphatic rings. The zero-order valence-electron chi connectivity index (χ0n) is 15.0. The van der Waals surface area contributed by atoms with Crippen LogP contribution in [0, 0.1) is 6.92 Å². The van der Waals surface area contributed by atoms with Gasteiger partial charge in [-0.1, -0.05) is 18.0 Å². The SMILES string of the molecule is Cc1[nH]ccc1C(=O)N1CCCCCC1c1noc(-c2cnn(C)c2)n1. The van der Waals surface area contributed by atoms with E-state index in [1.54, 1.807) is 17.1 Å². The third kappa shape index (κ3) is 3.02. The lowest BCUT2D eigenvalue weighted by Crippen LogP contribution is -2.35. The first-order chi connectivity index (χ1) is 12.6. The molecular formula is C18H22N6O2. The van der Waals surface area contributed by atoms with Crippen LogP contribution in [0.25, 0.3) is 11.5 Å². The molecule has 8 heteroatoms. The van der Waals surface area contributed by atoms with Crippen LogP contribution in [0.3, 0.4) is 0 Å². The average molecular weight is 354 g/mol. The molecule has 0 aliphatic carbocycles. The highest BCUT2D eigenvalue weighted by Gasteiger charge is 2.32. The van der Waals surface area contributed by atoms with E-state index in [2.05, 4.69) is 20.2 Å². The van der Waals surface area contributed by atoms with Crippen LogP contribution in [0.1, 0.15) is 53.6 Å². The molecular weight excluding hydrogens is 332 g/mol. The van der Waals surface area contributed by atoms with Gasteiger partial charge in [-0.3, -0.25) is 9.48 Å².